The van der Waals surface area contributed by atoms with Crippen molar-refractivity contribution >= 4 is 9.28 Å². The van der Waals surface area contributed by atoms with Crippen molar-refractivity contribution in [2.24, 2.45) is 11.7 Å². The summed E-state index contributed by atoms with van der Waals surface area (Å²) in [7, 11) is -1.65. The number of nitrogens with two attached hydrogens (primary N) is 1. The van der Waals surface area contributed by atoms with Gasteiger partial charge in [-0.25, -0.2) is 0 Å². The molecule has 0 aromatic carbocycles. The lowest BCUT2D eigenvalue weighted by Gasteiger charge is -2.28. The SMILES string of the molecule is CCO[SiH](OCC)C(CC(C)C)NC(C)N. The monoisotopic (exact) mass is 248 g/mol. The van der Waals surface area contributed by atoms with Crippen LogP contribution in [0.3, 0.4) is 0 Å². The molecular weight excluding hydrogens is 220 g/mol. The summed E-state index contributed by atoms with van der Waals surface area (Å²) in [6.07, 6.45) is 1.04. The minimum absolute atomic E-state index is 0.0142. The second-order valence-corrected chi connectivity index (χ2v) is 6.68. The highest BCUT2D eigenvalue weighted by atomic mass is 28.3. The van der Waals surface area contributed by atoms with E-state index in [2.05, 4.69) is 19.2 Å². The van der Waals surface area contributed by atoms with Crippen LogP contribution in [0.2, 0.25) is 0 Å². The Kier molecular flexibility index (Phi) is 9.16. The molecule has 0 rings (SSSR count). The van der Waals surface area contributed by atoms with Crippen LogP contribution in [0.4, 0.5) is 0 Å². The highest BCUT2D eigenvalue weighted by Gasteiger charge is 2.27. The van der Waals surface area contributed by atoms with E-state index in [4.69, 9.17) is 14.6 Å². The Labute approximate surface area is 102 Å². The molecule has 0 saturated carbocycles. The van der Waals surface area contributed by atoms with E-state index in [1.807, 2.05) is 20.8 Å². The molecular formula is C11H28N2O2Si. The minimum atomic E-state index is -1.65. The minimum Gasteiger partial charge on any atom is -0.396 e. The molecule has 0 bridgehead atoms. The Balaban J connectivity index is 4.39. The van der Waals surface area contributed by atoms with Crippen molar-refractivity contribution in [1.82, 2.24) is 5.32 Å². The number of hydrogen-bond donors (Lipinski definition) is 2. The topological polar surface area (TPSA) is 56.5 Å². The molecule has 98 valence electrons. The normalized spacial score (nSPS) is 15.8. The molecule has 0 aromatic rings. The van der Waals surface area contributed by atoms with E-state index >= 15 is 0 Å². The van der Waals surface area contributed by atoms with Gasteiger partial charge in [-0.15, -0.1) is 0 Å². The predicted molar refractivity (Wildman–Crippen MR) is 70.4 cm³/mol. The van der Waals surface area contributed by atoms with Crippen LogP contribution >= 0.6 is 0 Å². The molecule has 0 aliphatic carbocycles. The summed E-state index contributed by atoms with van der Waals surface area (Å²) in [5, 5.41) is 3.37. The fourth-order valence-electron chi connectivity index (χ4n) is 1.71. The first-order chi connectivity index (χ1) is 7.51. The largest absolute Gasteiger partial charge is 0.396 e. The molecule has 2 atom stereocenters. The van der Waals surface area contributed by atoms with Crippen molar-refractivity contribution in [3.8, 4) is 0 Å². The van der Waals surface area contributed by atoms with E-state index in [-0.39, 0.29) is 6.17 Å². The molecule has 2 unspecified atom stereocenters. The van der Waals surface area contributed by atoms with Gasteiger partial charge in [-0.2, -0.15) is 0 Å². The van der Waals surface area contributed by atoms with E-state index < -0.39 is 9.28 Å². The van der Waals surface area contributed by atoms with E-state index in [0.717, 1.165) is 6.42 Å². The summed E-state index contributed by atoms with van der Waals surface area (Å²) in [6, 6.07) is 0. The molecule has 0 radical (unpaired) electrons. The summed E-state index contributed by atoms with van der Waals surface area (Å²) in [4.78, 5) is 0. The molecule has 3 N–H and O–H groups in total. The highest BCUT2D eigenvalue weighted by Crippen LogP contribution is 2.10. The van der Waals surface area contributed by atoms with Gasteiger partial charge in [-0.05, 0) is 33.1 Å². The molecule has 0 saturated heterocycles. The lowest BCUT2D eigenvalue weighted by Crippen LogP contribution is -2.53. The van der Waals surface area contributed by atoms with Crippen LogP contribution in [-0.2, 0) is 8.85 Å². The third-order valence-electron chi connectivity index (χ3n) is 2.19. The molecule has 0 aliphatic heterocycles. The van der Waals surface area contributed by atoms with E-state index in [0.29, 0.717) is 24.8 Å². The maximum Gasteiger partial charge on any atom is 0.339 e. The summed E-state index contributed by atoms with van der Waals surface area (Å²) in [5.74, 6) is 0.618. The van der Waals surface area contributed by atoms with Crippen LogP contribution in [0, 0.1) is 5.92 Å². The maximum atomic E-state index is 5.80. The van der Waals surface area contributed by atoms with Crippen molar-refractivity contribution < 1.29 is 8.85 Å². The van der Waals surface area contributed by atoms with Crippen molar-refractivity contribution in [2.45, 2.75) is 52.9 Å². The smallest absolute Gasteiger partial charge is 0.339 e. The van der Waals surface area contributed by atoms with Gasteiger partial charge in [0.25, 0.3) is 0 Å². The number of nitrogens with one attached hydrogen (secondary N) is 1. The van der Waals surface area contributed by atoms with Gasteiger partial charge in [-0.1, -0.05) is 13.8 Å². The standard InChI is InChI=1S/C11H28N2O2Si/c1-6-14-16(15-7-2)11(8-9(3)4)13-10(5)12/h9-11,13,16H,6-8,12H2,1-5H3. The van der Waals surface area contributed by atoms with Crippen LogP contribution in [0.5, 0.6) is 0 Å². The molecule has 0 heterocycles. The molecule has 0 aliphatic rings. The number of hydrogen-bond acceptors (Lipinski definition) is 4. The van der Waals surface area contributed by atoms with Gasteiger partial charge < -0.3 is 14.6 Å². The Bertz CT molecular complexity index is 152. The molecule has 5 heteroatoms. The first-order valence-corrected chi connectivity index (χ1v) is 7.87. The lowest BCUT2D eigenvalue weighted by molar-refractivity contribution is 0.192. The van der Waals surface area contributed by atoms with Gasteiger partial charge in [0, 0.05) is 18.9 Å². The van der Waals surface area contributed by atoms with Gasteiger partial charge in [0.1, 0.15) is 0 Å². The second kappa shape index (κ2) is 9.12. The van der Waals surface area contributed by atoms with Crippen LogP contribution < -0.4 is 11.1 Å². The summed E-state index contributed by atoms with van der Waals surface area (Å²) in [6.45, 7) is 11.8. The Morgan fingerprint density at radius 2 is 1.62 bits per heavy atom. The highest BCUT2D eigenvalue weighted by molar-refractivity contribution is 6.46. The fourth-order valence-corrected chi connectivity index (χ4v) is 4.16. The zero-order chi connectivity index (χ0) is 12.6. The Hall–Kier alpha value is 0.0569. The third kappa shape index (κ3) is 7.35. The molecule has 4 nitrogen and oxygen atoms in total. The van der Waals surface area contributed by atoms with Crippen molar-refractivity contribution in [1.29, 1.82) is 0 Å². The average Bonchev–Trinajstić information content (AvgIpc) is 2.15. The third-order valence-corrected chi connectivity index (χ3v) is 4.64. The molecule has 16 heavy (non-hydrogen) atoms. The molecule has 0 amide bonds. The van der Waals surface area contributed by atoms with Crippen molar-refractivity contribution in [3.05, 3.63) is 0 Å². The predicted octanol–water partition coefficient (Wildman–Crippen LogP) is 1.13. The van der Waals surface area contributed by atoms with Gasteiger partial charge in [-0.3, -0.25) is 5.32 Å². The Morgan fingerprint density at radius 3 is 1.94 bits per heavy atom. The van der Waals surface area contributed by atoms with E-state index in [1.165, 1.54) is 0 Å². The maximum absolute atomic E-state index is 5.80. The number of rotatable bonds is 9. The molecule has 0 aromatic heterocycles. The fraction of sp³-hybridized carbons (Fsp3) is 1.00. The van der Waals surface area contributed by atoms with Crippen LogP contribution in [0.15, 0.2) is 0 Å². The first kappa shape index (κ1) is 16.1. The second-order valence-electron chi connectivity index (χ2n) is 4.47. The Morgan fingerprint density at radius 1 is 1.12 bits per heavy atom. The summed E-state index contributed by atoms with van der Waals surface area (Å²) < 4.78 is 11.5. The van der Waals surface area contributed by atoms with Crippen LogP contribution in [0.25, 0.3) is 0 Å². The van der Waals surface area contributed by atoms with Gasteiger partial charge in [0.2, 0.25) is 0 Å². The van der Waals surface area contributed by atoms with Gasteiger partial charge >= 0.3 is 9.28 Å². The van der Waals surface area contributed by atoms with Crippen LogP contribution in [0.1, 0.15) is 41.0 Å². The summed E-state index contributed by atoms with van der Waals surface area (Å²) >= 11 is 0. The quantitative estimate of drug-likeness (QED) is 0.474. The lowest BCUT2D eigenvalue weighted by atomic mass is 10.1. The zero-order valence-electron chi connectivity index (χ0n) is 11.3. The molecule has 0 spiro atoms. The van der Waals surface area contributed by atoms with Gasteiger partial charge in [0.05, 0.1) is 6.17 Å². The van der Waals surface area contributed by atoms with E-state index in [9.17, 15) is 0 Å². The summed E-state index contributed by atoms with van der Waals surface area (Å²) in [5.41, 5.74) is 6.09. The van der Waals surface area contributed by atoms with Crippen molar-refractivity contribution in [3.63, 3.8) is 0 Å². The van der Waals surface area contributed by atoms with Crippen LogP contribution in [-0.4, -0.2) is 34.3 Å². The van der Waals surface area contributed by atoms with Crippen molar-refractivity contribution in [2.75, 3.05) is 13.2 Å². The molecule has 0 fully saturated rings. The van der Waals surface area contributed by atoms with E-state index in [1.54, 1.807) is 0 Å². The zero-order valence-corrected chi connectivity index (χ0v) is 12.5. The average molecular weight is 248 g/mol. The first-order valence-electron chi connectivity index (χ1n) is 6.26. The van der Waals surface area contributed by atoms with Gasteiger partial charge in [0.15, 0.2) is 0 Å².